The van der Waals surface area contributed by atoms with Crippen LogP contribution in [0.1, 0.15) is 370 Å². The molecule has 3 unspecified atom stereocenters. The van der Waals surface area contributed by atoms with Crippen LogP contribution in [-0.4, -0.2) is 96.7 Å². The molecule has 0 aromatic rings. The average Bonchev–Trinajstić information content (AvgIpc) is 2.33. The van der Waals surface area contributed by atoms with Crippen LogP contribution in [0.2, 0.25) is 0 Å². The zero-order valence-corrected chi connectivity index (χ0v) is 62.7. The molecule has 0 aromatic heterocycles. The number of aliphatic hydroxyl groups excluding tert-OH is 1. The van der Waals surface area contributed by atoms with E-state index in [4.69, 9.17) is 37.0 Å². The average molecular weight is 1370 g/mol. The topological polar surface area (TPSA) is 237 Å². The number of unbranched alkanes of at least 4 members (excludes halogenated alkanes) is 37. The molecule has 0 saturated heterocycles. The summed E-state index contributed by atoms with van der Waals surface area (Å²) in [6.45, 7) is 14.1. The van der Waals surface area contributed by atoms with Crippen molar-refractivity contribution >= 4 is 39.5 Å². The quantitative estimate of drug-likeness (QED) is 0.0222. The number of hydrogen-bond donors (Lipinski definition) is 3. The van der Waals surface area contributed by atoms with Crippen LogP contribution in [0.3, 0.4) is 0 Å². The Morgan fingerprint density at radius 3 is 0.667 bits per heavy atom. The second-order valence-corrected chi connectivity index (χ2v) is 31.5. The zero-order chi connectivity index (χ0) is 68.9. The van der Waals surface area contributed by atoms with Crippen molar-refractivity contribution in [2.45, 2.75) is 388 Å². The molecule has 0 rings (SSSR count). The highest BCUT2D eigenvalue weighted by molar-refractivity contribution is 7.47. The molecule has 19 heteroatoms. The number of esters is 4. The summed E-state index contributed by atoms with van der Waals surface area (Å²) in [5, 5.41) is 10.6. The number of phosphoric ester groups is 2. The minimum absolute atomic E-state index is 0.106. The van der Waals surface area contributed by atoms with Crippen molar-refractivity contribution in [3.8, 4) is 0 Å². The Labute approximate surface area is 568 Å². The van der Waals surface area contributed by atoms with E-state index in [1.54, 1.807) is 0 Å². The van der Waals surface area contributed by atoms with E-state index in [1.807, 2.05) is 0 Å². The Kier molecular flexibility index (Phi) is 62.2. The summed E-state index contributed by atoms with van der Waals surface area (Å²) in [4.78, 5) is 72.7. The summed E-state index contributed by atoms with van der Waals surface area (Å²) >= 11 is 0. The highest BCUT2D eigenvalue weighted by Gasteiger charge is 2.30. The standard InChI is InChI=1S/C74H144O17P2/c1-64(2)50-42-34-26-19-14-10-9-11-16-22-31-40-48-56-73(78)90-69(60-84-71(76)54-46-38-30-24-18-21-28-36-44-52-66(5)6)62-88-92(80,81)86-58-68(75)59-87-93(82,83)89-63-70(61-85-72(77)55-47-39-33-25-29-37-45-53-67(7)8)91-74(79)57-49-41-32-23-17-13-12-15-20-27-35-43-51-65(3)4/h64-70,75H,9-63H2,1-8H3,(H,80,81)(H,82,83)/t68?,69-,70-/m1/s1. The number of aliphatic hydroxyl groups is 1. The molecule has 552 valence electrons. The number of phosphoric acid groups is 2. The van der Waals surface area contributed by atoms with Gasteiger partial charge in [0.2, 0.25) is 0 Å². The van der Waals surface area contributed by atoms with Crippen molar-refractivity contribution in [1.82, 2.24) is 0 Å². The van der Waals surface area contributed by atoms with Crippen molar-refractivity contribution in [2.24, 2.45) is 23.7 Å². The largest absolute Gasteiger partial charge is 0.472 e. The van der Waals surface area contributed by atoms with Gasteiger partial charge in [0.1, 0.15) is 19.3 Å². The van der Waals surface area contributed by atoms with E-state index in [0.717, 1.165) is 114 Å². The second kappa shape index (κ2) is 63.5. The van der Waals surface area contributed by atoms with Crippen LogP contribution in [0, 0.1) is 23.7 Å². The first-order valence-corrected chi connectivity index (χ1v) is 41.2. The van der Waals surface area contributed by atoms with Crippen molar-refractivity contribution < 1.29 is 80.2 Å². The van der Waals surface area contributed by atoms with Crippen LogP contribution in [0.15, 0.2) is 0 Å². The van der Waals surface area contributed by atoms with Gasteiger partial charge in [-0.1, -0.05) is 319 Å². The van der Waals surface area contributed by atoms with Crippen LogP contribution in [0.4, 0.5) is 0 Å². The van der Waals surface area contributed by atoms with Gasteiger partial charge in [-0.2, -0.15) is 0 Å². The maximum Gasteiger partial charge on any atom is 0.472 e. The molecular weight excluding hydrogens is 1220 g/mol. The molecule has 0 amide bonds. The number of hydrogen-bond acceptors (Lipinski definition) is 15. The first-order valence-electron chi connectivity index (χ1n) is 38.2. The molecule has 0 radical (unpaired) electrons. The molecular formula is C74H144O17P2. The molecule has 93 heavy (non-hydrogen) atoms. The fourth-order valence-corrected chi connectivity index (χ4v) is 12.8. The Morgan fingerprint density at radius 1 is 0.269 bits per heavy atom. The van der Waals surface area contributed by atoms with E-state index in [1.165, 1.54) is 167 Å². The predicted octanol–water partition coefficient (Wildman–Crippen LogP) is 21.3. The molecule has 0 fully saturated rings. The van der Waals surface area contributed by atoms with Crippen molar-refractivity contribution in [3.63, 3.8) is 0 Å². The third-order valence-corrected chi connectivity index (χ3v) is 19.0. The summed E-state index contributed by atoms with van der Waals surface area (Å²) in [5.41, 5.74) is 0. The molecule has 3 N–H and O–H groups in total. The molecule has 0 spiro atoms. The summed E-state index contributed by atoms with van der Waals surface area (Å²) in [6, 6.07) is 0. The molecule has 0 aliphatic heterocycles. The summed E-state index contributed by atoms with van der Waals surface area (Å²) in [6.07, 6.45) is 47.2. The Bertz CT molecular complexity index is 1830. The minimum atomic E-state index is -4.96. The van der Waals surface area contributed by atoms with Crippen molar-refractivity contribution in [3.05, 3.63) is 0 Å². The van der Waals surface area contributed by atoms with Crippen LogP contribution in [-0.2, 0) is 65.4 Å². The minimum Gasteiger partial charge on any atom is -0.462 e. The monoisotopic (exact) mass is 1370 g/mol. The van der Waals surface area contributed by atoms with Gasteiger partial charge in [0, 0.05) is 25.7 Å². The molecule has 0 heterocycles. The normalized spacial score (nSPS) is 14.2. The third-order valence-electron chi connectivity index (χ3n) is 17.1. The Morgan fingerprint density at radius 2 is 0.452 bits per heavy atom. The number of carbonyl (C=O) groups is 4. The molecule has 0 saturated carbocycles. The van der Waals surface area contributed by atoms with E-state index in [0.29, 0.717) is 31.6 Å². The number of ether oxygens (including phenoxy) is 4. The van der Waals surface area contributed by atoms with Crippen molar-refractivity contribution in [2.75, 3.05) is 39.6 Å². The summed E-state index contributed by atoms with van der Waals surface area (Å²) < 4.78 is 68.4. The maximum atomic E-state index is 13.1. The molecule has 5 atom stereocenters. The van der Waals surface area contributed by atoms with Crippen molar-refractivity contribution in [1.29, 1.82) is 0 Å². The highest BCUT2D eigenvalue weighted by Crippen LogP contribution is 2.45. The summed E-state index contributed by atoms with van der Waals surface area (Å²) in [7, 11) is -9.91. The fraction of sp³-hybridized carbons (Fsp3) is 0.946. The van der Waals surface area contributed by atoms with E-state index in [-0.39, 0.29) is 25.7 Å². The Balaban J connectivity index is 5.25. The van der Waals surface area contributed by atoms with Crippen LogP contribution in [0.5, 0.6) is 0 Å². The van der Waals surface area contributed by atoms with Gasteiger partial charge in [-0.3, -0.25) is 37.3 Å². The molecule has 0 aromatic carbocycles. The molecule has 17 nitrogen and oxygen atoms in total. The lowest BCUT2D eigenvalue weighted by atomic mass is 10.0. The van der Waals surface area contributed by atoms with Gasteiger partial charge in [-0.25, -0.2) is 9.13 Å². The highest BCUT2D eigenvalue weighted by atomic mass is 31.2. The zero-order valence-electron chi connectivity index (χ0n) is 60.9. The molecule has 0 aliphatic rings. The van der Waals surface area contributed by atoms with Gasteiger partial charge in [0.05, 0.1) is 26.4 Å². The van der Waals surface area contributed by atoms with Crippen LogP contribution >= 0.6 is 15.6 Å². The van der Waals surface area contributed by atoms with Gasteiger partial charge in [0.25, 0.3) is 0 Å². The van der Waals surface area contributed by atoms with Gasteiger partial charge in [0.15, 0.2) is 12.2 Å². The van der Waals surface area contributed by atoms with E-state index in [9.17, 15) is 43.2 Å². The lowest BCUT2D eigenvalue weighted by Crippen LogP contribution is -2.30. The number of carbonyl (C=O) groups excluding carboxylic acids is 4. The molecule has 0 bridgehead atoms. The van der Waals surface area contributed by atoms with Gasteiger partial charge in [-0.05, 0) is 49.4 Å². The van der Waals surface area contributed by atoms with Gasteiger partial charge in [-0.15, -0.1) is 0 Å². The van der Waals surface area contributed by atoms with E-state index < -0.39 is 97.5 Å². The lowest BCUT2D eigenvalue weighted by molar-refractivity contribution is -0.161. The number of rotatable bonds is 71. The van der Waals surface area contributed by atoms with E-state index >= 15 is 0 Å². The fourth-order valence-electron chi connectivity index (χ4n) is 11.2. The van der Waals surface area contributed by atoms with Gasteiger partial charge < -0.3 is 33.8 Å². The smallest absolute Gasteiger partial charge is 0.462 e. The predicted molar refractivity (Wildman–Crippen MR) is 377 cm³/mol. The first-order chi connectivity index (χ1) is 44.6. The Hall–Kier alpha value is -1.94. The lowest BCUT2D eigenvalue weighted by Gasteiger charge is -2.21. The molecule has 0 aliphatic carbocycles. The SMILES string of the molecule is CC(C)CCCCCCCCCCCCCCCC(=O)O[C@H](COC(=O)CCCCCCCCCCCC(C)C)COP(=O)(O)OCC(O)COP(=O)(O)OC[C@@H](COC(=O)CCCCCCCCCC(C)C)OC(=O)CCCCCCCCCCCCCCC(C)C. The van der Waals surface area contributed by atoms with E-state index in [2.05, 4.69) is 55.4 Å². The first kappa shape index (κ1) is 91.1. The second-order valence-electron chi connectivity index (χ2n) is 28.6. The third kappa shape index (κ3) is 68.4. The maximum absolute atomic E-state index is 13.1. The summed E-state index contributed by atoms with van der Waals surface area (Å²) in [5.74, 6) is 0.888. The van der Waals surface area contributed by atoms with Crippen LogP contribution in [0.25, 0.3) is 0 Å². The van der Waals surface area contributed by atoms with Gasteiger partial charge >= 0.3 is 39.5 Å². The van der Waals surface area contributed by atoms with Crippen LogP contribution < -0.4 is 0 Å².